The van der Waals surface area contributed by atoms with Crippen LogP contribution in [0.5, 0.6) is 0 Å². The molecule has 1 aromatic heterocycles. The van der Waals surface area contributed by atoms with Gasteiger partial charge in [-0.05, 0) is 64.8 Å². The molecule has 0 aliphatic heterocycles. The first-order valence-electron chi connectivity index (χ1n) is 8.72. The Morgan fingerprint density at radius 1 is 1.19 bits per heavy atom. The van der Waals surface area contributed by atoms with Gasteiger partial charge in [-0.1, -0.05) is 38.1 Å². The number of nitriles is 1. The molecular weight excluding hydrogens is 465 g/mol. The lowest BCUT2D eigenvalue weighted by atomic mass is 10.0. The van der Waals surface area contributed by atoms with E-state index >= 15 is 0 Å². The van der Waals surface area contributed by atoms with E-state index in [9.17, 15) is 5.26 Å². The average molecular weight is 485 g/mol. The Kier molecular flexibility index (Phi) is 6.64. The SMILES string of the molecule is CC(C)Cc1ccc(-c2csc(/C(C#N)=C/Nc3ccc(I)cc3)n2)cc1. The highest BCUT2D eigenvalue weighted by Crippen LogP contribution is 2.26. The zero-order valence-corrected chi connectivity index (χ0v) is 18.2. The van der Waals surface area contributed by atoms with Crippen molar-refractivity contribution in [2.45, 2.75) is 20.3 Å². The van der Waals surface area contributed by atoms with E-state index in [1.807, 2.05) is 29.6 Å². The van der Waals surface area contributed by atoms with Gasteiger partial charge in [-0.2, -0.15) is 5.26 Å². The number of aromatic nitrogens is 1. The van der Waals surface area contributed by atoms with E-state index in [0.717, 1.165) is 28.4 Å². The van der Waals surface area contributed by atoms with Crippen LogP contribution < -0.4 is 5.32 Å². The second-order valence-corrected chi connectivity index (χ2v) is 8.76. The molecule has 1 N–H and O–H groups in total. The lowest BCUT2D eigenvalue weighted by Crippen LogP contribution is -1.93. The highest BCUT2D eigenvalue weighted by Gasteiger charge is 2.09. The average Bonchev–Trinajstić information content (AvgIpc) is 3.14. The van der Waals surface area contributed by atoms with Crippen molar-refractivity contribution < 1.29 is 0 Å². The lowest BCUT2D eigenvalue weighted by molar-refractivity contribution is 0.647. The van der Waals surface area contributed by atoms with Crippen LogP contribution in [0.4, 0.5) is 5.69 Å². The van der Waals surface area contributed by atoms with Crippen molar-refractivity contribution >= 4 is 45.2 Å². The van der Waals surface area contributed by atoms with E-state index in [-0.39, 0.29) is 0 Å². The minimum absolute atomic E-state index is 0.529. The van der Waals surface area contributed by atoms with E-state index in [2.05, 4.69) is 77.1 Å². The molecule has 0 saturated heterocycles. The Bertz CT molecular complexity index is 964. The van der Waals surface area contributed by atoms with Crippen molar-refractivity contribution in [3.63, 3.8) is 0 Å². The fraction of sp³-hybridized carbons (Fsp3) is 0.182. The molecule has 0 spiro atoms. The molecule has 27 heavy (non-hydrogen) atoms. The summed E-state index contributed by atoms with van der Waals surface area (Å²) in [7, 11) is 0. The summed E-state index contributed by atoms with van der Waals surface area (Å²) < 4.78 is 1.17. The molecule has 136 valence electrons. The molecular formula is C22H20IN3S. The highest BCUT2D eigenvalue weighted by atomic mass is 127. The monoisotopic (exact) mass is 485 g/mol. The largest absolute Gasteiger partial charge is 0.360 e. The maximum Gasteiger partial charge on any atom is 0.136 e. The number of nitrogens with one attached hydrogen (secondary N) is 1. The molecule has 0 amide bonds. The lowest BCUT2D eigenvalue weighted by Gasteiger charge is -2.05. The van der Waals surface area contributed by atoms with Gasteiger partial charge < -0.3 is 5.32 Å². The standard InChI is InChI=1S/C22H20IN3S/c1-15(2)11-16-3-5-17(6-4-16)21-14-27-22(26-21)18(12-24)13-25-20-9-7-19(23)8-10-20/h3-10,13-15,25H,11H2,1-2H3/b18-13+. The van der Waals surface area contributed by atoms with Gasteiger partial charge >= 0.3 is 0 Å². The summed E-state index contributed by atoms with van der Waals surface area (Å²) in [5.41, 5.74) is 4.79. The first-order chi connectivity index (χ1) is 13.0. The molecule has 2 aromatic carbocycles. The van der Waals surface area contributed by atoms with Gasteiger partial charge in [0.25, 0.3) is 0 Å². The summed E-state index contributed by atoms with van der Waals surface area (Å²) in [5, 5.41) is 15.4. The number of nitrogens with zero attached hydrogens (tertiary/aromatic N) is 2. The van der Waals surface area contributed by atoms with Crippen molar-refractivity contribution in [1.29, 1.82) is 5.26 Å². The van der Waals surface area contributed by atoms with E-state index in [1.165, 1.54) is 20.5 Å². The fourth-order valence-corrected chi connectivity index (χ4v) is 3.81. The molecule has 0 bridgehead atoms. The zero-order valence-electron chi connectivity index (χ0n) is 15.2. The Hall–Kier alpha value is -2.17. The maximum absolute atomic E-state index is 9.51. The third-order valence-corrected chi connectivity index (χ3v) is 5.57. The van der Waals surface area contributed by atoms with Gasteiger partial charge in [0, 0.05) is 26.4 Å². The molecule has 0 fully saturated rings. The van der Waals surface area contributed by atoms with Crippen molar-refractivity contribution in [2.75, 3.05) is 5.32 Å². The van der Waals surface area contributed by atoms with Gasteiger partial charge in [0.05, 0.1) is 5.69 Å². The van der Waals surface area contributed by atoms with Gasteiger partial charge in [-0.3, -0.25) is 0 Å². The summed E-state index contributed by atoms with van der Waals surface area (Å²) in [6.45, 7) is 4.45. The minimum atomic E-state index is 0.529. The number of hydrogen-bond donors (Lipinski definition) is 1. The Balaban J connectivity index is 1.75. The Morgan fingerprint density at radius 3 is 2.52 bits per heavy atom. The molecule has 0 saturated carbocycles. The second-order valence-electron chi connectivity index (χ2n) is 6.65. The third-order valence-electron chi connectivity index (χ3n) is 3.98. The molecule has 3 rings (SSSR count). The number of benzene rings is 2. The van der Waals surface area contributed by atoms with Gasteiger partial charge in [-0.15, -0.1) is 11.3 Å². The van der Waals surface area contributed by atoms with Crippen molar-refractivity contribution in [2.24, 2.45) is 5.92 Å². The summed E-state index contributed by atoms with van der Waals surface area (Å²) in [6.07, 6.45) is 2.80. The van der Waals surface area contributed by atoms with Crippen molar-refractivity contribution in [3.8, 4) is 17.3 Å². The molecule has 0 aliphatic rings. The summed E-state index contributed by atoms with van der Waals surface area (Å²) in [6, 6.07) is 18.8. The van der Waals surface area contributed by atoms with E-state index in [0.29, 0.717) is 11.5 Å². The van der Waals surface area contributed by atoms with Gasteiger partial charge in [0.1, 0.15) is 16.6 Å². The van der Waals surface area contributed by atoms with Gasteiger partial charge in [0.15, 0.2) is 0 Å². The smallest absolute Gasteiger partial charge is 0.136 e. The van der Waals surface area contributed by atoms with Crippen LogP contribution in [0.25, 0.3) is 16.8 Å². The topological polar surface area (TPSA) is 48.7 Å². The van der Waals surface area contributed by atoms with Crippen LogP contribution in [0.15, 0.2) is 60.1 Å². The van der Waals surface area contributed by atoms with Gasteiger partial charge in [-0.25, -0.2) is 4.98 Å². The Morgan fingerprint density at radius 2 is 1.89 bits per heavy atom. The number of allylic oxidation sites excluding steroid dienone is 1. The van der Waals surface area contributed by atoms with Crippen LogP contribution in [0, 0.1) is 20.8 Å². The van der Waals surface area contributed by atoms with Crippen LogP contribution in [-0.4, -0.2) is 4.98 Å². The molecule has 0 unspecified atom stereocenters. The highest BCUT2D eigenvalue weighted by molar-refractivity contribution is 14.1. The van der Waals surface area contributed by atoms with Crippen LogP contribution in [0.1, 0.15) is 24.4 Å². The molecule has 3 aromatic rings. The number of rotatable bonds is 6. The number of hydrogen-bond acceptors (Lipinski definition) is 4. The van der Waals surface area contributed by atoms with Crippen LogP contribution in [-0.2, 0) is 6.42 Å². The quantitative estimate of drug-likeness (QED) is 0.317. The first kappa shape index (κ1) is 19.6. The van der Waals surface area contributed by atoms with Crippen LogP contribution >= 0.6 is 33.9 Å². The van der Waals surface area contributed by atoms with E-state index in [1.54, 1.807) is 6.20 Å². The molecule has 1 heterocycles. The molecule has 5 heteroatoms. The predicted molar refractivity (Wildman–Crippen MR) is 122 cm³/mol. The summed E-state index contributed by atoms with van der Waals surface area (Å²) in [4.78, 5) is 4.66. The summed E-state index contributed by atoms with van der Waals surface area (Å²) in [5.74, 6) is 0.644. The molecule has 3 nitrogen and oxygen atoms in total. The number of anilines is 1. The fourth-order valence-electron chi connectivity index (χ4n) is 2.66. The van der Waals surface area contributed by atoms with Crippen LogP contribution in [0.3, 0.4) is 0 Å². The predicted octanol–water partition coefficient (Wildman–Crippen LogP) is 6.59. The molecule has 0 radical (unpaired) electrons. The third kappa shape index (κ3) is 5.41. The number of thiazole rings is 1. The van der Waals surface area contributed by atoms with Crippen molar-refractivity contribution in [1.82, 2.24) is 4.98 Å². The Labute approximate surface area is 177 Å². The summed E-state index contributed by atoms with van der Waals surface area (Å²) >= 11 is 3.75. The zero-order chi connectivity index (χ0) is 19.2. The van der Waals surface area contributed by atoms with Crippen molar-refractivity contribution in [3.05, 3.63) is 74.3 Å². The minimum Gasteiger partial charge on any atom is -0.360 e. The molecule has 0 atom stereocenters. The van der Waals surface area contributed by atoms with E-state index in [4.69, 9.17) is 0 Å². The van der Waals surface area contributed by atoms with E-state index < -0.39 is 0 Å². The normalized spacial score (nSPS) is 11.4. The maximum atomic E-state index is 9.51. The van der Waals surface area contributed by atoms with Crippen LogP contribution in [0.2, 0.25) is 0 Å². The molecule has 0 aliphatic carbocycles. The van der Waals surface area contributed by atoms with Gasteiger partial charge in [0.2, 0.25) is 0 Å². The first-order valence-corrected chi connectivity index (χ1v) is 10.7. The second kappa shape index (κ2) is 9.16. The number of halogens is 1.